The Morgan fingerprint density at radius 3 is 2.80 bits per heavy atom. The Morgan fingerprint density at radius 2 is 2.20 bits per heavy atom. The molecule has 1 saturated heterocycles. The van der Waals surface area contributed by atoms with E-state index in [1.54, 1.807) is 11.0 Å². The number of nitrogens with zero attached hydrogens (tertiary/aromatic N) is 2. The fourth-order valence-electron chi connectivity index (χ4n) is 2.21. The van der Waals surface area contributed by atoms with Gasteiger partial charge in [0.2, 0.25) is 0 Å². The zero-order chi connectivity index (χ0) is 14.9. The van der Waals surface area contributed by atoms with Crippen molar-refractivity contribution in [1.29, 1.82) is 0 Å². The van der Waals surface area contributed by atoms with Crippen LogP contribution in [0.2, 0.25) is 0 Å². The average Bonchev–Trinajstić information content (AvgIpc) is 2.37. The summed E-state index contributed by atoms with van der Waals surface area (Å²) >= 11 is 3.17. The van der Waals surface area contributed by atoms with Gasteiger partial charge in [0.05, 0.1) is 29.2 Å². The number of ether oxygens (including phenoxy) is 1. The maximum atomic E-state index is 12.6. The second kappa shape index (κ2) is 5.49. The second-order valence-electron chi connectivity index (χ2n) is 5.22. The first-order valence-electron chi connectivity index (χ1n) is 6.17. The molecule has 20 heavy (non-hydrogen) atoms. The van der Waals surface area contributed by atoms with Crippen molar-refractivity contribution in [3.63, 3.8) is 0 Å². The maximum absolute atomic E-state index is 12.6. The number of hydrogen-bond acceptors (Lipinski definition) is 4. The largest absolute Gasteiger partial charge is 0.377 e. The molecule has 0 aliphatic carbocycles. The molecule has 1 amide bonds. The molecule has 1 heterocycles. The minimum absolute atomic E-state index is 0.109. The Bertz CT molecular complexity index is 559. The van der Waals surface area contributed by atoms with Crippen LogP contribution in [0.1, 0.15) is 24.2 Å². The summed E-state index contributed by atoms with van der Waals surface area (Å²) in [5.74, 6) is -0.228. The van der Waals surface area contributed by atoms with E-state index in [-0.39, 0.29) is 16.1 Å². The molecule has 0 spiro atoms. The summed E-state index contributed by atoms with van der Waals surface area (Å²) in [6.45, 7) is 5.22. The van der Waals surface area contributed by atoms with Gasteiger partial charge in [0.1, 0.15) is 4.47 Å². The SMILES string of the molecule is CC1(C)COCCN1C(=O)c1cccc([N+](=O)[O-])c1Br. The molecule has 1 aliphatic rings. The predicted molar refractivity (Wildman–Crippen MR) is 76.7 cm³/mol. The molecule has 1 aromatic rings. The van der Waals surface area contributed by atoms with E-state index in [2.05, 4.69) is 15.9 Å². The fourth-order valence-corrected chi connectivity index (χ4v) is 2.78. The normalized spacial score (nSPS) is 17.9. The third-order valence-electron chi connectivity index (χ3n) is 3.30. The Kier molecular flexibility index (Phi) is 4.10. The van der Waals surface area contributed by atoms with Crippen LogP contribution in [0.5, 0.6) is 0 Å². The lowest BCUT2D eigenvalue weighted by molar-refractivity contribution is -0.385. The van der Waals surface area contributed by atoms with E-state index in [0.29, 0.717) is 25.3 Å². The van der Waals surface area contributed by atoms with Crippen molar-refractivity contribution in [1.82, 2.24) is 4.90 Å². The van der Waals surface area contributed by atoms with Crippen molar-refractivity contribution in [2.75, 3.05) is 19.8 Å². The van der Waals surface area contributed by atoms with E-state index in [1.165, 1.54) is 12.1 Å². The van der Waals surface area contributed by atoms with Crippen molar-refractivity contribution in [3.05, 3.63) is 38.3 Å². The van der Waals surface area contributed by atoms with Crippen molar-refractivity contribution in [2.24, 2.45) is 0 Å². The monoisotopic (exact) mass is 342 g/mol. The third-order valence-corrected chi connectivity index (χ3v) is 4.13. The Balaban J connectivity index is 2.39. The average molecular weight is 343 g/mol. The van der Waals surface area contributed by atoms with Crippen LogP contribution in [0.3, 0.4) is 0 Å². The number of halogens is 1. The van der Waals surface area contributed by atoms with E-state index in [9.17, 15) is 14.9 Å². The molecule has 1 aliphatic heterocycles. The molecular weight excluding hydrogens is 328 g/mol. The maximum Gasteiger partial charge on any atom is 0.284 e. The van der Waals surface area contributed by atoms with Gasteiger partial charge in [-0.25, -0.2) is 0 Å². The van der Waals surface area contributed by atoms with Crippen molar-refractivity contribution >= 4 is 27.5 Å². The van der Waals surface area contributed by atoms with Gasteiger partial charge in [-0.1, -0.05) is 6.07 Å². The molecule has 1 fully saturated rings. The van der Waals surface area contributed by atoms with Crippen LogP contribution < -0.4 is 0 Å². The molecule has 0 saturated carbocycles. The number of rotatable bonds is 2. The summed E-state index contributed by atoms with van der Waals surface area (Å²) in [5, 5.41) is 10.9. The first kappa shape index (κ1) is 14.9. The molecule has 6 nitrogen and oxygen atoms in total. The predicted octanol–water partition coefficient (Wildman–Crippen LogP) is 2.61. The van der Waals surface area contributed by atoms with E-state index in [1.807, 2.05) is 13.8 Å². The molecular formula is C13H15BrN2O4. The van der Waals surface area contributed by atoms with E-state index < -0.39 is 10.5 Å². The molecule has 0 atom stereocenters. The van der Waals surface area contributed by atoms with E-state index >= 15 is 0 Å². The Labute approximate surface area is 125 Å². The highest BCUT2D eigenvalue weighted by molar-refractivity contribution is 9.10. The number of amides is 1. The lowest BCUT2D eigenvalue weighted by Gasteiger charge is -2.42. The first-order valence-corrected chi connectivity index (χ1v) is 6.96. The molecule has 0 bridgehead atoms. The molecule has 2 rings (SSSR count). The summed E-state index contributed by atoms with van der Waals surface area (Å²) < 4.78 is 5.60. The lowest BCUT2D eigenvalue weighted by Crippen LogP contribution is -2.55. The summed E-state index contributed by atoms with van der Waals surface area (Å²) in [6, 6.07) is 4.47. The number of nitro groups is 1. The van der Waals surface area contributed by atoms with E-state index in [4.69, 9.17) is 4.74 Å². The van der Waals surface area contributed by atoms with Gasteiger partial charge >= 0.3 is 0 Å². The van der Waals surface area contributed by atoms with Gasteiger partial charge in [-0.15, -0.1) is 0 Å². The highest BCUT2D eigenvalue weighted by Gasteiger charge is 2.36. The van der Waals surface area contributed by atoms with Crippen LogP contribution >= 0.6 is 15.9 Å². The number of carbonyl (C=O) groups excluding carboxylic acids is 1. The van der Waals surface area contributed by atoms with Gasteiger partial charge in [0, 0.05) is 12.6 Å². The summed E-state index contributed by atoms with van der Waals surface area (Å²) in [6.07, 6.45) is 0. The second-order valence-corrected chi connectivity index (χ2v) is 6.01. The van der Waals surface area contributed by atoms with Crippen molar-refractivity contribution < 1.29 is 14.5 Å². The number of hydrogen-bond donors (Lipinski definition) is 0. The zero-order valence-electron chi connectivity index (χ0n) is 11.3. The standard InChI is InChI=1S/C13H15BrN2O4/c1-13(2)8-20-7-6-15(13)12(17)9-4-3-5-10(11(9)14)16(18)19/h3-5H,6-8H2,1-2H3. The van der Waals surface area contributed by atoms with Crippen LogP contribution in [-0.4, -0.2) is 41.0 Å². The fraction of sp³-hybridized carbons (Fsp3) is 0.462. The molecule has 108 valence electrons. The number of carbonyl (C=O) groups is 1. The highest BCUT2D eigenvalue weighted by Crippen LogP contribution is 2.31. The van der Waals surface area contributed by atoms with E-state index in [0.717, 1.165) is 0 Å². The van der Waals surface area contributed by atoms with Gasteiger partial charge in [0.15, 0.2) is 0 Å². The molecule has 0 unspecified atom stereocenters. The first-order chi connectivity index (χ1) is 9.34. The minimum Gasteiger partial charge on any atom is -0.377 e. The summed E-state index contributed by atoms with van der Waals surface area (Å²) in [5.41, 5.74) is -0.240. The number of benzene rings is 1. The molecule has 1 aromatic carbocycles. The van der Waals surface area contributed by atoms with Crippen LogP contribution in [0, 0.1) is 10.1 Å². The van der Waals surface area contributed by atoms with Crippen molar-refractivity contribution in [3.8, 4) is 0 Å². The lowest BCUT2D eigenvalue weighted by atomic mass is 10.0. The zero-order valence-corrected chi connectivity index (χ0v) is 12.8. The third kappa shape index (κ3) is 2.69. The molecule has 7 heteroatoms. The van der Waals surface area contributed by atoms with Gasteiger partial charge in [-0.05, 0) is 35.8 Å². The number of morpholine rings is 1. The van der Waals surface area contributed by atoms with Gasteiger partial charge in [-0.3, -0.25) is 14.9 Å². The topological polar surface area (TPSA) is 72.7 Å². The Morgan fingerprint density at radius 1 is 1.50 bits per heavy atom. The highest BCUT2D eigenvalue weighted by atomic mass is 79.9. The van der Waals surface area contributed by atoms with Crippen LogP contribution in [-0.2, 0) is 4.74 Å². The molecule has 0 aromatic heterocycles. The molecule has 0 radical (unpaired) electrons. The smallest absolute Gasteiger partial charge is 0.284 e. The van der Waals surface area contributed by atoms with Crippen LogP contribution in [0.4, 0.5) is 5.69 Å². The van der Waals surface area contributed by atoms with Crippen molar-refractivity contribution in [2.45, 2.75) is 19.4 Å². The molecule has 0 N–H and O–H groups in total. The van der Waals surface area contributed by atoms with Crippen LogP contribution in [0.15, 0.2) is 22.7 Å². The van der Waals surface area contributed by atoms with Gasteiger partial charge < -0.3 is 9.64 Å². The Hall–Kier alpha value is -1.47. The quantitative estimate of drug-likeness (QED) is 0.611. The van der Waals surface area contributed by atoms with Crippen LogP contribution in [0.25, 0.3) is 0 Å². The summed E-state index contributed by atoms with van der Waals surface area (Å²) in [4.78, 5) is 24.7. The number of nitro benzene ring substituents is 1. The van der Waals surface area contributed by atoms with Gasteiger partial charge in [-0.2, -0.15) is 0 Å². The minimum atomic E-state index is -0.509. The van der Waals surface area contributed by atoms with Gasteiger partial charge in [0.25, 0.3) is 11.6 Å². The summed E-state index contributed by atoms with van der Waals surface area (Å²) in [7, 11) is 0.